The zero-order valence-electron chi connectivity index (χ0n) is 14.4. The van der Waals surface area contributed by atoms with E-state index in [1.54, 1.807) is 24.3 Å². The highest BCUT2D eigenvalue weighted by Crippen LogP contribution is 2.34. The molecule has 1 atom stereocenters. The van der Waals surface area contributed by atoms with Gasteiger partial charge in [0.05, 0.1) is 19.3 Å². The molecule has 1 heterocycles. The molecule has 0 fully saturated rings. The van der Waals surface area contributed by atoms with Crippen molar-refractivity contribution in [2.75, 3.05) is 13.2 Å². The van der Waals surface area contributed by atoms with Gasteiger partial charge in [0.25, 0.3) is 5.91 Å². The summed E-state index contributed by atoms with van der Waals surface area (Å²) in [4.78, 5) is 12.6. The summed E-state index contributed by atoms with van der Waals surface area (Å²) in [5, 5.41) is 3.65. The number of carbonyl (C=O) groups excluding carboxylic acids is 1. The van der Waals surface area contributed by atoms with Crippen molar-refractivity contribution < 1.29 is 14.3 Å². The summed E-state index contributed by atoms with van der Waals surface area (Å²) < 4.78 is 11.4. The molecule has 1 N–H and O–H groups in total. The third kappa shape index (κ3) is 4.26. The van der Waals surface area contributed by atoms with Gasteiger partial charge in [-0.15, -0.1) is 0 Å². The summed E-state index contributed by atoms with van der Waals surface area (Å²) in [6, 6.07) is 12.7. The normalized spacial score (nSPS) is 14.7. The highest BCUT2D eigenvalue weighted by Gasteiger charge is 2.21. The van der Waals surface area contributed by atoms with Crippen molar-refractivity contribution in [3.63, 3.8) is 0 Å². The summed E-state index contributed by atoms with van der Waals surface area (Å²) in [5.41, 5.74) is 1.54. The predicted octanol–water partition coefficient (Wildman–Crippen LogP) is 4.63. The van der Waals surface area contributed by atoms with Gasteiger partial charge in [0.1, 0.15) is 0 Å². The third-order valence-electron chi connectivity index (χ3n) is 4.17. The van der Waals surface area contributed by atoms with Crippen molar-refractivity contribution in [3.8, 4) is 11.5 Å². The van der Waals surface area contributed by atoms with E-state index in [1.165, 1.54) is 0 Å². The lowest BCUT2D eigenvalue weighted by Crippen LogP contribution is -2.31. The number of nitrogens with one attached hydrogen (secondary N) is 1. The highest BCUT2D eigenvalue weighted by molar-refractivity contribution is 6.30. The van der Waals surface area contributed by atoms with Crippen LogP contribution in [0, 0.1) is 5.92 Å². The van der Waals surface area contributed by atoms with E-state index in [0.29, 0.717) is 23.8 Å². The Bertz CT molecular complexity index is 760. The molecule has 0 spiro atoms. The zero-order chi connectivity index (χ0) is 17.8. The van der Waals surface area contributed by atoms with E-state index in [2.05, 4.69) is 19.2 Å². The van der Waals surface area contributed by atoms with Crippen molar-refractivity contribution >= 4 is 17.5 Å². The summed E-state index contributed by atoms with van der Waals surface area (Å²) >= 11 is 5.99. The minimum absolute atomic E-state index is 0.136. The Labute approximate surface area is 153 Å². The van der Waals surface area contributed by atoms with Crippen molar-refractivity contribution in [1.82, 2.24) is 5.32 Å². The molecule has 1 aliphatic heterocycles. The minimum atomic E-state index is -0.145. The number of carbonyl (C=O) groups is 1. The van der Waals surface area contributed by atoms with E-state index in [-0.39, 0.29) is 17.9 Å². The van der Waals surface area contributed by atoms with Crippen LogP contribution in [0.15, 0.2) is 42.5 Å². The van der Waals surface area contributed by atoms with Crippen LogP contribution in [0.25, 0.3) is 0 Å². The average Bonchev–Trinajstić information content (AvgIpc) is 2.83. The van der Waals surface area contributed by atoms with Gasteiger partial charge in [-0.25, -0.2) is 0 Å². The summed E-state index contributed by atoms with van der Waals surface area (Å²) in [5.74, 6) is 1.56. The third-order valence-corrected chi connectivity index (χ3v) is 4.41. The molecule has 0 bridgehead atoms. The number of hydrogen-bond donors (Lipinski definition) is 1. The first-order valence-electron chi connectivity index (χ1n) is 8.50. The standard InChI is InChI=1S/C20H22ClNO3/c1-13(2)19(22-20(23)15-5-3-6-16(21)11-15)14-7-8-17-18(12-14)25-10-4-9-24-17/h3,5-8,11-13,19H,4,9-10H2,1-2H3,(H,22,23)/t19-/m1/s1. The molecule has 2 aromatic carbocycles. The fraction of sp³-hybridized carbons (Fsp3) is 0.350. The van der Waals surface area contributed by atoms with E-state index >= 15 is 0 Å². The largest absolute Gasteiger partial charge is 0.490 e. The fourth-order valence-corrected chi connectivity index (χ4v) is 3.05. The molecule has 25 heavy (non-hydrogen) atoms. The first-order chi connectivity index (χ1) is 12.0. The Kier molecular flexibility index (Phi) is 5.49. The van der Waals surface area contributed by atoms with Gasteiger partial charge in [0.2, 0.25) is 0 Å². The number of benzene rings is 2. The monoisotopic (exact) mass is 359 g/mol. The summed E-state index contributed by atoms with van der Waals surface area (Å²) in [7, 11) is 0. The van der Waals surface area contributed by atoms with E-state index in [0.717, 1.165) is 23.5 Å². The predicted molar refractivity (Wildman–Crippen MR) is 98.5 cm³/mol. The SMILES string of the molecule is CC(C)[C@@H](NC(=O)c1cccc(Cl)c1)c1ccc2c(c1)OCCCO2. The second-order valence-corrected chi connectivity index (χ2v) is 6.90. The van der Waals surface area contributed by atoms with Crippen LogP contribution in [-0.4, -0.2) is 19.1 Å². The molecule has 0 saturated carbocycles. The van der Waals surface area contributed by atoms with Crippen molar-refractivity contribution in [1.29, 1.82) is 0 Å². The molecule has 132 valence electrons. The van der Waals surface area contributed by atoms with Gasteiger partial charge in [-0.1, -0.05) is 37.6 Å². The van der Waals surface area contributed by atoms with E-state index in [1.807, 2.05) is 18.2 Å². The number of halogens is 1. The molecular formula is C20H22ClNO3. The lowest BCUT2D eigenvalue weighted by atomic mass is 9.95. The zero-order valence-corrected chi connectivity index (χ0v) is 15.2. The van der Waals surface area contributed by atoms with E-state index in [9.17, 15) is 4.79 Å². The fourth-order valence-electron chi connectivity index (χ4n) is 2.86. The molecule has 0 aromatic heterocycles. The molecule has 0 unspecified atom stereocenters. The van der Waals surface area contributed by atoms with E-state index < -0.39 is 0 Å². The maximum Gasteiger partial charge on any atom is 0.251 e. The first kappa shape index (κ1) is 17.6. The lowest BCUT2D eigenvalue weighted by Gasteiger charge is -2.24. The van der Waals surface area contributed by atoms with Gasteiger partial charge in [-0.05, 0) is 41.8 Å². The van der Waals surface area contributed by atoms with Gasteiger partial charge in [0.15, 0.2) is 11.5 Å². The Morgan fingerprint density at radius 3 is 2.56 bits per heavy atom. The van der Waals surface area contributed by atoms with Crippen LogP contribution < -0.4 is 14.8 Å². The quantitative estimate of drug-likeness (QED) is 0.865. The number of rotatable bonds is 4. The van der Waals surface area contributed by atoms with E-state index in [4.69, 9.17) is 21.1 Å². The number of ether oxygens (including phenoxy) is 2. The minimum Gasteiger partial charge on any atom is -0.490 e. The number of fused-ring (bicyclic) bond motifs is 1. The second kappa shape index (κ2) is 7.79. The van der Waals surface area contributed by atoms with Crippen molar-refractivity contribution in [3.05, 3.63) is 58.6 Å². The molecule has 4 nitrogen and oxygen atoms in total. The molecule has 1 amide bonds. The molecule has 2 aromatic rings. The van der Waals surface area contributed by atoms with Crippen molar-refractivity contribution in [2.45, 2.75) is 26.3 Å². The Hall–Kier alpha value is -2.20. The van der Waals surface area contributed by atoms with Crippen LogP contribution >= 0.6 is 11.6 Å². The molecule has 5 heteroatoms. The van der Waals surface area contributed by atoms with Gasteiger partial charge in [-0.3, -0.25) is 4.79 Å². The first-order valence-corrected chi connectivity index (χ1v) is 8.88. The van der Waals surface area contributed by atoms with Gasteiger partial charge in [0, 0.05) is 17.0 Å². The second-order valence-electron chi connectivity index (χ2n) is 6.46. The molecule has 0 saturated heterocycles. The van der Waals surface area contributed by atoms with Gasteiger partial charge in [-0.2, -0.15) is 0 Å². The van der Waals surface area contributed by atoms with Gasteiger partial charge < -0.3 is 14.8 Å². The summed E-state index contributed by atoms with van der Waals surface area (Å²) in [6.45, 7) is 5.45. The Morgan fingerprint density at radius 2 is 1.84 bits per heavy atom. The Morgan fingerprint density at radius 1 is 1.08 bits per heavy atom. The highest BCUT2D eigenvalue weighted by atomic mass is 35.5. The summed E-state index contributed by atoms with van der Waals surface area (Å²) in [6.07, 6.45) is 0.864. The smallest absolute Gasteiger partial charge is 0.251 e. The lowest BCUT2D eigenvalue weighted by molar-refractivity contribution is 0.0925. The van der Waals surface area contributed by atoms with Crippen LogP contribution in [0.3, 0.4) is 0 Å². The maximum atomic E-state index is 12.6. The molecule has 0 radical (unpaired) electrons. The topological polar surface area (TPSA) is 47.6 Å². The molecule has 3 rings (SSSR count). The van der Waals surface area contributed by atoms with Gasteiger partial charge >= 0.3 is 0 Å². The number of amides is 1. The Balaban J connectivity index is 1.84. The van der Waals surface area contributed by atoms with Crippen molar-refractivity contribution in [2.24, 2.45) is 5.92 Å². The molecule has 0 aliphatic carbocycles. The maximum absolute atomic E-state index is 12.6. The van der Waals surface area contributed by atoms with Crippen LogP contribution in [-0.2, 0) is 0 Å². The average molecular weight is 360 g/mol. The molecule has 1 aliphatic rings. The van der Waals surface area contributed by atoms with Crippen LogP contribution in [0.4, 0.5) is 0 Å². The number of hydrogen-bond acceptors (Lipinski definition) is 3. The van der Waals surface area contributed by atoms with Crippen LogP contribution in [0.1, 0.15) is 42.2 Å². The van der Waals surface area contributed by atoms with Crippen LogP contribution in [0.2, 0.25) is 5.02 Å². The van der Waals surface area contributed by atoms with Crippen LogP contribution in [0.5, 0.6) is 11.5 Å². The molecular weight excluding hydrogens is 338 g/mol.